The van der Waals surface area contributed by atoms with Crippen LogP contribution in [0.3, 0.4) is 0 Å². The third-order valence-corrected chi connectivity index (χ3v) is 3.00. The van der Waals surface area contributed by atoms with Gasteiger partial charge in [0, 0.05) is 0 Å². The van der Waals surface area contributed by atoms with Crippen molar-refractivity contribution in [3.8, 4) is 0 Å². The molecule has 0 aromatic heterocycles. The molecule has 0 aliphatic carbocycles. The Balaban J connectivity index is 3.51. The van der Waals surface area contributed by atoms with E-state index in [-0.39, 0.29) is 6.10 Å². The molecule has 80 valence electrons. The number of aliphatic hydroxyl groups is 1. The van der Waals surface area contributed by atoms with Crippen molar-refractivity contribution in [1.29, 1.82) is 0 Å². The van der Waals surface area contributed by atoms with E-state index in [1.54, 1.807) is 0 Å². The summed E-state index contributed by atoms with van der Waals surface area (Å²) in [6.45, 7) is 8.94. The summed E-state index contributed by atoms with van der Waals surface area (Å²) in [4.78, 5) is 0. The lowest BCUT2D eigenvalue weighted by Gasteiger charge is -2.23. The van der Waals surface area contributed by atoms with Crippen molar-refractivity contribution in [2.24, 2.45) is 5.41 Å². The Hall–Kier alpha value is -0.0400. The zero-order valence-electron chi connectivity index (χ0n) is 9.77. The lowest BCUT2D eigenvalue weighted by atomic mass is 9.84. The smallest absolute Gasteiger partial charge is 0.0540 e. The number of hydrogen-bond donors (Lipinski definition) is 1. The van der Waals surface area contributed by atoms with Gasteiger partial charge in [0.05, 0.1) is 6.10 Å². The molecule has 1 atom stereocenters. The van der Waals surface area contributed by atoms with Gasteiger partial charge in [-0.05, 0) is 24.7 Å². The van der Waals surface area contributed by atoms with Crippen LogP contribution in [-0.4, -0.2) is 11.2 Å². The van der Waals surface area contributed by atoms with Gasteiger partial charge < -0.3 is 5.11 Å². The van der Waals surface area contributed by atoms with Gasteiger partial charge in [0.15, 0.2) is 0 Å². The SMILES string of the molecule is CCCCC(O)CCC(C)(C)CC. The monoisotopic (exact) mass is 186 g/mol. The number of aliphatic hydroxyl groups excluding tert-OH is 1. The normalized spacial score (nSPS) is 14.5. The molecule has 0 heterocycles. The van der Waals surface area contributed by atoms with Crippen molar-refractivity contribution < 1.29 is 5.11 Å². The molecule has 0 bridgehead atoms. The summed E-state index contributed by atoms with van der Waals surface area (Å²) in [7, 11) is 0. The maximum atomic E-state index is 9.64. The number of rotatable bonds is 7. The van der Waals surface area contributed by atoms with Gasteiger partial charge in [0.25, 0.3) is 0 Å². The minimum Gasteiger partial charge on any atom is -0.393 e. The van der Waals surface area contributed by atoms with E-state index < -0.39 is 0 Å². The van der Waals surface area contributed by atoms with Crippen LogP contribution in [0.2, 0.25) is 0 Å². The molecule has 0 fully saturated rings. The Bertz CT molecular complexity index is 118. The van der Waals surface area contributed by atoms with Crippen molar-refractivity contribution in [2.75, 3.05) is 0 Å². The van der Waals surface area contributed by atoms with Crippen molar-refractivity contribution in [1.82, 2.24) is 0 Å². The molecule has 0 rings (SSSR count). The first-order valence-electron chi connectivity index (χ1n) is 5.70. The van der Waals surface area contributed by atoms with E-state index in [0.29, 0.717) is 5.41 Å². The van der Waals surface area contributed by atoms with Gasteiger partial charge in [-0.25, -0.2) is 0 Å². The molecule has 0 radical (unpaired) electrons. The molecule has 0 aliphatic heterocycles. The summed E-state index contributed by atoms with van der Waals surface area (Å²) in [5, 5.41) is 9.64. The van der Waals surface area contributed by atoms with Crippen LogP contribution in [0.5, 0.6) is 0 Å². The topological polar surface area (TPSA) is 20.2 Å². The average molecular weight is 186 g/mol. The molecule has 1 heteroatoms. The zero-order chi connectivity index (χ0) is 10.3. The molecule has 0 aromatic carbocycles. The van der Waals surface area contributed by atoms with Crippen LogP contribution in [0.4, 0.5) is 0 Å². The van der Waals surface area contributed by atoms with Crippen molar-refractivity contribution in [3.63, 3.8) is 0 Å². The van der Waals surface area contributed by atoms with E-state index >= 15 is 0 Å². The summed E-state index contributed by atoms with van der Waals surface area (Å²) < 4.78 is 0. The highest BCUT2D eigenvalue weighted by atomic mass is 16.3. The predicted molar refractivity (Wildman–Crippen MR) is 58.8 cm³/mol. The highest BCUT2D eigenvalue weighted by molar-refractivity contribution is 4.68. The van der Waals surface area contributed by atoms with E-state index in [0.717, 1.165) is 25.7 Å². The first-order chi connectivity index (χ1) is 6.02. The second-order valence-electron chi connectivity index (χ2n) is 4.85. The third kappa shape index (κ3) is 7.06. The molecule has 0 saturated heterocycles. The minimum atomic E-state index is -0.0641. The van der Waals surface area contributed by atoms with Crippen LogP contribution in [0, 0.1) is 5.41 Å². The van der Waals surface area contributed by atoms with Crippen LogP contribution < -0.4 is 0 Å². The number of unbranched alkanes of at least 4 members (excludes halogenated alkanes) is 1. The van der Waals surface area contributed by atoms with E-state index in [4.69, 9.17) is 0 Å². The van der Waals surface area contributed by atoms with Gasteiger partial charge in [0.1, 0.15) is 0 Å². The number of hydrogen-bond acceptors (Lipinski definition) is 1. The second-order valence-corrected chi connectivity index (χ2v) is 4.85. The van der Waals surface area contributed by atoms with E-state index in [1.165, 1.54) is 12.8 Å². The van der Waals surface area contributed by atoms with Crippen molar-refractivity contribution in [2.45, 2.75) is 72.3 Å². The molecule has 1 nitrogen and oxygen atoms in total. The summed E-state index contributed by atoms with van der Waals surface area (Å²) in [5.41, 5.74) is 0.410. The fourth-order valence-corrected chi connectivity index (χ4v) is 1.32. The van der Waals surface area contributed by atoms with Crippen LogP contribution in [-0.2, 0) is 0 Å². The Labute approximate surface area is 83.5 Å². The summed E-state index contributed by atoms with van der Waals surface area (Å²) in [6.07, 6.45) is 6.59. The summed E-state index contributed by atoms with van der Waals surface area (Å²) in [6, 6.07) is 0. The Morgan fingerprint density at radius 1 is 1.15 bits per heavy atom. The van der Waals surface area contributed by atoms with Gasteiger partial charge in [-0.15, -0.1) is 0 Å². The average Bonchev–Trinajstić information content (AvgIpc) is 2.11. The molecule has 0 amide bonds. The predicted octanol–water partition coefficient (Wildman–Crippen LogP) is 3.75. The van der Waals surface area contributed by atoms with Crippen LogP contribution in [0.15, 0.2) is 0 Å². The lowest BCUT2D eigenvalue weighted by Crippen LogP contribution is -2.15. The zero-order valence-corrected chi connectivity index (χ0v) is 9.77. The largest absolute Gasteiger partial charge is 0.393 e. The fraction of sp³-hybridized carbons (Fsp3) is 1.00. The van der Waals surface area contributed by atoms with E-state index in [9.17, 15) is 5.11 Å². The standard InChI is InChI=1S/C12H26O/c1-5-7-8-11(13)9-10-12(3,4)6-2/h11,13H,5-10H2,1-4H3. The Kier molecular flexibility index (Phi) is 6.40. The van der Waals surface area contributed by atoms with Crippen LogP contribution in [0.1, 0.15) is 66.2 Å². The molecule has 1 unspecified atom stereocenters. The van der Waals surface area contributed by atoms with Gasteiger partial charge in [-0.3, -0.25) is 0 Å². The van der Waals surface area contributed by atoms with Crippen LogP contribution in [0.25, 0.3) is 0 Å². The van der Waals surface area contributed by atoms with Crippen LogP contribution >= 0.6 is 0 Å². The molecule has 0 saturated carbocycles. The molecule has 0 spiro atoms. The Morgan fingerprint density at radius 3 is 2.23 bits per heavy atom. The van der Waals surface area contributed by atoms with Crippen molar-refractivity contribution in [3.05, 3.63) is 0 Å². The fourth-order valence-electron chi connectivity index (χ4n) is 1.32. The highest BCUT2D eigenvalue weighted by Gasteiger charge is 2.16. The third-order valence-electron chi connectivity index (χ3n) is 3.00. The van der Waals surface area contributed by atoms with Gasteiger partial charge in [-0.1, -0.05) is 47.0 Å². The molecular formula is C12H26O. The molecule has 0 aromatic rings. The first kappa shape index (κ1) is 13.0. The summed E-state index contributed by atoms with van der Waals surface area (Å²) in [5.74, 6) is 0. The second kappa shape index (κ2) is 6.42. The quantitative estimate of drug-likeness (QED) is 0.642. The highest BCUT2D eigenvalue weighted by Crippen LogP contribution is 2.27. The lowest BCUT2D eigenvalue weighted by molar-refractivity contribution is 0.130. The first-order valence-corrected chi connectivity index (χ1v) is 5.70. The maximum Gasteiger partial charge on any atom is 0.0540 e. The van der Waals surface area contributed by atoms with E-state index in [1.807, 2.05) is 0 Å². The molecule has 1 N–H and O–H groups in total. The van der Waals surface area contributed by atoms with Gasteiger partial charge in [-0.2, -0.15) is 0 Å². The van der Waals surface area contributed by atoms with E-state index in [2.05, 4.69) is 27.7 Å². The molecular weight excluding hydrogens is 160 g/mol. The van der Waals surface area contributed by atoms with Gasteiger partial charge >= 0.3 is 0 Å². The van der Waals surface area contributed by atoms with Gasteiger partial charge in [0.2, 0.25) is 0 Å². The Morgan fingerprint density at radius 2 is 1.77 bits per heavy atom. The molecule has 0 aliphatic rings. The van der Waals surface area contributed by atoms with Crippen molar-refractivity contribution >= 4 is 0 Å². The maximum absolute atomic E-state index is 9.64. The minimum absolute atomic E-state index is 0.0641. The molecule has 13 heavy (non-hydrogen) atoms. The summed E-state index contributed by atoms with van der Waals surface area (Å²) >= 11 is 0.